The fourth-order valence-corrected chi connectivity index (χ4v) is 1.42. The zero-order valence-corrected chi connectivity index (χ0v) is 9.41. The molecule has 3 N–H and O–H groups in total. The van der Waals surface area contributed by atoms with Crippen molar-refractivity contribution in [3.8, 4) is 0 Å². The fraction of sp³-hybridized carbons (Fsp3) is 0.167. The van der Waals surface area contributed by atoms with Crippen molar-refractivity contribution in [2.75, 3.05) is 11.9 Å². The van der Waals surface area contributed by atoms with Crippen LogP contribution in [0.4, 0.5) is 10.5 Å². The summed E-state index contributed by atoms with van der Waals surface area (Å²) in [7, 11) is 0. The van der Waals surface area contributed by atoms with Gasteiger partial charge < -0.3 is 10.6 Å². The molecule has 1 heterocycles. The normalized spacial score (nSPS) is 17.6. The Morgan fingerprint density at radius 2 is 1.94 bits per heavy atom. The van der Waals surface area contributed by atoms with Crippen molar-refractivity contribution in [3.05, 3.63) is 41.6 Å². The Bertz CT molecular complexity index is 477. The molecule has 88 valence electrons. The zero-order chi connectivity index (χ0) is 12.3. The number of imide groups is 1. The Morgan fingerprint density at radius 1 is 1.24 bits per heavy atom. The molecule has 0 unspecified atom stereocenters. The largest absolute Gasteiger partial charge is 0.361 e. The molecule has 0 saturated carbocycles. The summed E-state index contributed by atoms with van der Waals surface area (Å²) in [5, 5.41) is 7.72. The Hall–Kier alpha value is -2.30. The molecule has 5 nitrogen and oxygen atoms in total. The van der Waals surface area contributed by atoms with Gasteiger partial charge in [0, 0.05) is 11.9 Å². The molecule has 1 fully saturated rings. The fourth-order valence-electron chi connectivity index (χ4n) is 1.42. The van der Waals surface area contributed by atoms with E-state index >= 15 is 0 Å². The van der Waals surface area contributed by atoms with Crippen LogP contribution in [0.25, 0.3) is 0 Å². The van der Waals surface area contributed by atoms with E-state index in [-0.39, 0.29) is 12.5 Å². The van der Waals surface area contributed by atoms with Gasteiger partial charge in [0.2, 0.25) is 0 Å². The molecule has 1 aliphatic rings. The Labute approximate surface area is 98.9 Å². The predicted octanol–water partition coefficient (Wildman–Crippen LogP) is 1.13. The minimum Gasteiger partial charge on any atom is -0.361 e. The highest BCUT2D eigenvalue weighted by Gasteiger charge is 2.18. The molecular weight excluding hydrogens is 218 g/mol. The van der Waals surface area contributed by atoms with Crippen molar-refractivity contribution < 1.29 is 9.59 Å². The van der Waals surface area contributed by atoms with Crippen molar-refractivity contribution in [3.63, 3.8) is 0 Å². The van der Waals surface area contributed by atoms with Gasteiger partial charge in [-0.05, 0) is 19.1 Å². The van der Waals surface area contributed by atoms with Gasteiger partial charge in [-0.15, -0.1) is 0 Å². The molecule has 0 aliphatic carbocycles. The van der Waals surface area contributed by atoms with Gasteiger partial charge in [-0.25, -0.2) is 4.79 Å². The van der Waals surface area contributed by atoms with E-state index in [1.165, 1.54) is 5.56 Å². The van der Waals surface area contributed by atoms with Crippen LogP contribution in [0.15, 0.2) is 36.0 Å². The van der Waals surface area contributed by atoms with Gasteiger partial charge in [-0.2, -0.15) is 0 Å². The van der Waals surface area contributed by atoms with Crippen molar-refractivity contribution in [1.82, 2.24) is 10.6 Å². The van der Waals surface area contributed by atoms with E-state index in [1.54, 1.807) is 6.20 Å². The number of hydrogen-bond donors (Lipinski definition) is 3. The lowest BCUT2D eigenvalue weighted by molar-refractivity contribution is -0.116. The summed E-state index contributed by atoms with van der Waals surface area (Å²) in [4.78, 5) is 22.2. The first-order valence-electron chi connectivity index (χ1n) is 5.26. The molecule has 1 aromatic carbocycles. The number of amides is 3. The number of aryl methyl sites for hydroxylation is 1. The zero-order valence-electron chi connectivity index (χ0n) is 9.41. The first kappa shape index (κ1) is 11.2. The second kappa shape index (κ2) is 4.69. The van der Waals surface area contributed by atoms with Gasteiger partial charge in [0.05, 0.1) is 12.1 Å². The van der Waals surface area contributed by atoms with Gasteiger partial charge >= 0.3 is 6.03 Å². The number of benzene rings is 1. The van der Waals surface area contributed by atoms with Crippen LogP contribution in [0.3, 0.4) is 0 Å². The average Bonchev–Trinajstić information content (AvgIpc) is 2.30. The molecule has 1 aromatic rings. The van der Waals surface area contributed by atoms with Crippen LogP contribution in [0.1, 0.15) is 5.56 Å². The number of urea groups is 1. The summed E-state index contributed by atoms with van der Waals surface area (Å²) < 4.78 is 0. The lowest BCUT2D eigenvalue weighted by Gasteiger charge is -2.15. The third-order valence-electron chi connectivity index (χ3n) is 2.42. The Morgan fingerprint density at radius 3 is 2.59 bits per heavy atom. The monoisotopic (exact) mass is 231 g/mol. The summed E-state index contributed by atoms with van der Waals surface area (Å²) in [5.74, 6) is -0.367. The number of rotatable bonds is 2. The van der Waals surface area contributed by atoms with Crippen LogP contribution in [0.2, 0.25) is 0 Å². The van der Waals surface area contributed by atoms with Gasteiger partial charge in [0.15, 0.2) is 0 Å². The lowest BCUT2D eigenvalue weighted by atomic mass is 10.2. The maximum Gasteiger partial charge on any atom is 0.321 e. The molecule has 3 amide bonds. The number of carbonyl (C=O) groups excluding carboxylic acids is 2. The number of hydrogen-bond acceptors (Lipinski definition) is 3. The topological polar surface area (TPSA) is 70.2 Å². The molecule has 2 rings (SSSR count). The minimum atomic E-state index is -0.456. The number of anilines is 1. The molecule has 1 aliphatic heterocycles. The molecule has 0 aromatic heterocycles. The van der Waals surface area contributed by atoms with Crippen LogP contribution in [0.5, 0.6) is 0 Å². The molecule has 0 spiro atoms. The van der Waals surface area contributed by atoms with Crippen molar-refractivity contribution in [1.29, 1.82) is 0 Å². The molecule has 1 saturated heterocycles. The predicted molar refractivity (Wildman–Crippen MR) is 64.4 cm³/mol. The average molecular weight is 231 g/mol. The molecule has 0 radical (unpaired) electrons. The SMILES string of the molecule is Cc1ccc(NC=C2CNC(=O)NC2=O)cc1. The molecule has 0 bridgehead atoms. The second-order valence-corrected chi connectivity index (χ2v) is 3.82. The molecule has 17 heavy (non-hydrogen) atoms. The number of carbonyl (C=O) groups is 2. The standard InChI is InChI=1S/C12H13N3O2/c1-8-2-4-10(5-3-8)13-6-9-7-14-12(17)15-11(9)16/h2-6,13H,7H2,1H3,(H2,14,15,16,17). The van der Waals surface area contributed by atoms with Crippen molar-refractivity contribution in [2.45, 2.75) is 6.92 Å². The summed E-state index contributed by atoms with van der Waals surface area (Å²) in [6.07, 6.45) is 1.60. The summed E-state index contributed by atoms with van der Waals surface area (Å²) in [6.45, 7) is 2.25. The summed E-state index contributed by atoms with van der Waals surface area (Å²) >= 11 is 0. The summed E-state index contributed by atoms with van der Waals surface area (Å²) in [5.41, 5.74) is 2.56. The van der Waals surface area contributed by atoms with E-state index in [2.05, 4.69) is 16.0 Å². The van der Waals surface area contributed by atoms with Crippen molar-refractivity contribution in [2.24, 2.45) is 0 Å². The van der Waals surface area contributed by atoms with Crippen LogP contribution in [0, 0.1) is 6.92 Å². The highest BCUT2D eigenvalue weighted by Crippen LogP contribution is 2.09. The number of nitrogens with one attached hydrogen (secondary N) is 3. The van der Waals surface area contributed by atoms with E-state index in [0.29, 0.717) is 5.57 Å². The highest BCUT2D eigenvalue weighted by molar-refractivity contribution is 6.06. The lowest BCUT2D eigenvalue weighted by Crippen LogP contribution is -2.48. The van der Waals surface area contributed by atoms with Gasteiger partial charge in [-0.1, -0.05) is 17.7 Å². The molecular formula is C12H13N3O2. The third-order valence-corrected chi connectivity index (χ3v) is 2.42. The van der Waals surface area contributed by atoms with Crippen LogP contribution >= 0.6 is 0 Å². The van der Waals surface area contributed by atoms with Crippen LogP contribution in [-0.2, 0) is 4.79 Å². The van der Waals surface area contributed by atoms with Gasteiger partial charge in [0.25, 0.3) is 5.91 Å². The van der Waals surface area contributed by atoms with E-state index < -0.39 is 6.03 Å². The van der Waals surface area contributed by atoms with E-state index in [4.69, 9.17) is 0 Å². The molecule has 0 atom stereocenters. The summed E-state index contributed by atoms with van der Waals surface area (Å²) in [6, 6.07) is 7.34. The first-order valence-corrected chi connectivity index (χ1v) is 5.26. The Balaban J connectivity index is 2.03. The van der Waals surface area contributed by atoms with Crippen LogP contribution in [-0.4, -0.2) is 18.5 Å². The highest BCUT2D eigenvalue weighted by atomic mass is 16.2. The smallest absolute Gasteiger partial charge is 0.321 e. The maximum atomic E-state index is 11.4. The van der Waals surface area contributed by atoms with Crippen LogP contribution < -0.4 is 16.0 Å². The van der Waals surface area contributed by atoms with Crippen molar-refractivity contribution >= 4 is 17.6 Å². The quantitative estimate of drug-likeness (QED) is 0.668. The second-order valence-electron chi connectivity index (χ2n) is 3.82. The maximum absolute atomic E-state index is 11.4. The first-order chi connectivity index (χ1) is 8.15. The van der Waals surface area contributed by atoms with E-state index in [9.17, 15) is 9.59 Å². The Kier molecular flexibility index (Phi) is 3.09. The molecule has 5 heteroatoms. The van der Waals surface area contributed by atoms with E-state index in [0.717, 1.165) is 5.69 Å². The third kappa shape index (κ3) is 2.84. The van der Waals surface area contributed by atoms with Gasteiger partial charge in [0.1, 0.15) is 0 Å². The minimum absolute atomic E-state index is 0.240. The van der Waals surface area contributed by atoms with E-state index in [1.807, 2.05) is 31.2 Å². The van der Waals surface area contributed by atoms with Gasteiger partial charge in [-0.3, -0.25) is 10.1 Å².